The molecular formula is C29H38N2O6. The topological polar surface area (TPSA) is 98.3 Å². The molecule has 8 heteroatoms. The number of ether oxygens (including phenoxy) is 4. The van der Waals surface area contributed by atoms with Crippen molar-refractivity contribution < 1.29 is 28.8 Å². The van der Waals surface area contributed by atoms with Crippen LogP contribution in [0.5, 0.6) is 23.0 Å². The Morgan fingerprint density at radius 3 is 2.51 bits per heavy atom. The zero-order valence-corrected chi connectivity index (χ0v) is 22.2. The summed E-state index contributed by atoms with van der Waals surface area (Å²) in [6.07, 6.45) is 1.84. The first-order chi connectivity index (χ1) is 17.9. The van der Waals surface area contributed by atoms with E-state index in [4.69, 9.17) is 18.9 Å². The van der Waals surface area contributed by atoms with Crippen LogP contribution in [0, 0.1) is 17.8 Å². The third-order valence-electron chi connectivity index (χ3n) is 5.88. The van der Waals surface area contributed by atoms with Gasteiger partial charge in [0.15, 0.2) is 11.5 Å². The van der Waals surface area contributed by atoms with Crippen LogP contribution >= 0.6 is 0 Å². The Hall–Kier alpha value is -3.41. The molecule has 0 aliphatic carbocycles. The number of hydrogen-bond donors (Lipinski definition) is 3. The Morgan fingerprint density at radius 2 is 1.76 bits per heavy atom. The van der Waals surface area contributed by atoms with Crippen molar-refractivity contribution in [2.24, 2.45) is 5.92 Å². The number of carbonyl (C=O) groups excluding carboxylic acids is 1. The Kier molecular flexibility index (Phi) is 10.9. The summed E-state index contributed by atoms with van der Waals surface area (Å²) in [5, 5.41) is 16.6. The minimum absolute atomic E-state index is 0.0564. The van der Waals surface area contributed by atoms with E-state index in [1.807, 2.05) is 24.3 Å². The van der Waals surface area contributed by atoms with Gasteiger partial charge >= 0.3 is 0 Å². The van der Waals surface area contributed by atoms with E-state index >= 15 is 0 Å². The summed E-state index contributed by atoms with van der Waals surface area (Å²) >= 11 is 0. The minimum atomic E-state index is -0.689. The van der Waals surface area contributed by atoms with Crippen molar-refractivity contribution in [2.45, 2.75) is 45.6 Å². The number of methoxy groups -OCH3 is 2. The standard InChI is InChI=1S/C29H38N2O6/c1-20(2)7-5-6-16-36-26-12-11-24(23-9-13-28(33)31-29(23)26)37-19-22(32)18-30-15-14-21-8-10-25(34-3)27(17-21)35-4/h8,10-12,17,20,22,30,32H,7,9,13-16,18-19H2,1-4H3,(H,31,33). The maximum Gasteiger partial charge on any atom is 0.224 e. The lowest BCUT2D eigenvalue weighted by Crippen LogP contribution is -2.32. The van der Waals surface area contributed by atoms with Crippen LogP contribution in [-0.4, -0.2) is 57.6 Å². The average Bonchev–Trinajstić information content (AvgIpc) is 2.89. The van der Waals surface area contributed by atoms with E-state index < -0.39 is 6.10 Å². The number of fused-ring (bicyclic) bond motifs is 1. The Bertz CT molecular complexity index is 1110. The summed E-state index contributed by atoms with van der Waals surface area (Å²) in [5.74, 6) is 9.18. The SMILES string of the molecule is COc1ccc(CCNCC(O)COc2ccc(OCC#CCC(C)C)c3c2CCC(=O)N3)cc1OC. The van der Waals surface area contributed by atoms with Crippen LogP contribution in [0.1, 0.15) is 37.8 Å². The maximum atomic E-state index is 12.0. The molecule has 0 saturated heterocycles. The molecule has 3 N–H and O–H groups in total. The number of carbonyl (C=O) groups is 1. The quantitative estimate of drug-likeness (QED) is 0.280. The molecule has 0 aromatic heterocycles. The Balaban J connectivity index is 1.49. The van der Waals surface area contributed by atoms with Gasteiger partial charge in [0.05, 0.1) is 19.9 Å². The lowest BCUT2D eigenvalue weighted by molar-refractivity contribution is -0.116. The largest absolute Gasteiger partial charge is 0.493 e. The average molecular weight is 511 g/mol. The number of nitrogens with one attached hydrogen (secondary N) is 2. The molecule has 1 atom stereocenters. The van der Waals surface area contributed by atoms with Gasteiger partial charge in [0.1, 0.15) is 30.8 Å². The number of anilines is 1. The highest BCUT2D eigenvalue weighted by Gasteiger charge is 2.23. The number of benzene rings is 2. The number of aliphatic hydroxyl groups is 1. The van der Waals surface area contributed by atoms with Crippen LogP contribution in [0.2, 0.25) is 0 Å². The fourth-order valence-electron chi connectivity index (χ4n) is 3.91. The molecule has 0 saturated carbocycles. The van der Waals surface area contributed by atoms with Gasteiger partial charge in [0, 0.05) is 24.9 Å². The second kappa shape index (κ2) is 14.4. The third-order valence-corrected chi connectivity index (χ3v) is 5.88. The van der Waals surface area contributed by atoms with Gasteiger partial charge in [-0.3, -0.25) is 4.79 Å². The zero-order chi connectivity index (χ0) is 26.6. The van der Waals surface area contributed by atoms with E-state index in [0.717, 1.165) is 24.0 Å². The van der Waals surface area contributed by atoms with Crippen LogP contribution in [0.3, 0.4) is 0 Å². The fraction of sp³-hybridized carbons (Fsp3) is 0.483. The van der Waals surface area contributed by atoms with Crippen molar-refractivity contribution in [3.63, 3.8) is 0 Å². The van der Waals surface area contributed by atoms with Crippen LogP contribution in [0.15, 0.2) is 30.3 Å². The van der Waals surface area contributed by atoms with E-state index in [2.05, 4.69) is 36.3 Å². The molecule has 0 fully saturated rings. The molecule has 0 spiro atoms. The van der Waals surface area contributed by atoms with Gasteiger partial charge in [-0.2, -0.15) is 0 Å². The summed E-state index contributed by atoms with van der Waals surface area (Å²) < 4.78 is 22.4. The van der Waals surface area contributed by atoms with Crippen LogP contribution in [0.25, 0.3) is 0 Å². The highest BCUT2D eigenvalue weighted by Crippen LogP contribution is 2.39. The fourth-order valence-corrected chi connectivity index (χ4v) is 3.91. The van der Waals surface area contributed by atoms with Crippen molar-refractivity contribution in [1.82, 2.24) is 5.32 Å². The second-order valence-electron chi connectivity index (χ2n) is 9.31. The molecule has 1 unspecified atom stereocenters. The molecule has 3 rings (SSSR count). The highest BCUT2D eigenvalue weighted by atomic mass is 16.5. The molecule has 8 nitrogen and oxygen atoms in total. The molecule has 0 bridgehead atoms. The highest BCUT2D eigenvalue weighted by molar-refractivity contribution is 5.96. The molecule has 1 heterocycles. The van der Waals surface area contributed by atoms with Gasteiger partial charge in [-0.25, -0.2) is 0 Å². The minimum Gasteiger partial charge on any atom is -0.493 e. The van der Waals surface area contributed by atoms with Gasteiger partial charge < -0.3 is 34.7 Å². The second-order valence-corrected chi connectivity index (χ2v) is 9.31. The number of rotatable bonds is 13. The van der Waals surface area contributed by atoms with E-state index in [1.54, 1.807) is 20.3 Å². The molecule has 1 aliphatic rings. The summed E-state index contributed by atoms with van der Waals surface area (Å²) in [6, 6.07) is 9.43. The van der Waals surface area contributed by atoms with Crippen LogP contribution in [0.4, 0.5) is 5.69 Å². The number of amides is 1. The smallest absolute Gasteiger partial charge is 0.224 e. The first-order valence-electron chi connectivity index (χ1n) is 12.7. The van der Waals surface area contributed by atoms with Crippen molar-refractivity contribution in [3.05, 3.63) is 41.5 Å². The van der Waals surface area contributed by atoms with Gasteiger partial charge in [0.25, 0.3) is 0 Å². The lowest BCUT2D eigenvalue weighted by Gasteiger charge is -2.23. The van der Waals surface area contributed by atoms with Gasteiger partial charge in [0.2, 0.25) is 5.91 Å². The first kappa shape index (κ1) is 28.2. The Labute approximate surface area is 219 Å². The zero-order valence-electron chi connectivity index (χ0n) is 22.2. The molecule has 200 valence electrons. The molecule has 2 aromatic carbocycles. The maximum absolute atomic E-state index is 12.0. The van der Waals surface area contributed by atoms with Gasteiger partial charge in [-0.1, -0.05) is 31.8 Å². The molecule has 1 aliphatic heterocycles. The normalized spacial score (nSPS) is 13.2. The summed E-state index contributed by atoms with van der Waals surface area (Å²) in [6.45, 7) is 5.71. The monoisotopic (exact) mass is 510 g/mol. The summed E-state index contributed by atoms with van der Waals surface area (Å²) in [7, 11) is 3.23. The number of hydrogen-bond acceptors (Lipinski definition) is 7. The molecular weight excluding hydrogens is 472 g/mol. The predicted molar refractivity (Wildman–Crippen MR) is 144 cm³/mol. The van der Waals surface area contributed by atoms with Crippen molar-refractivity contribution in [1.29, 1.82) is 0 Å². The lowest BCUT2D eigenvalue weighted by atomic mass is 10.0. The molecule has 0 radical (unpaired) electrons. The van der Waals surface area contributed by atoms with Crippen molar-refractivity contribution in [3.8, 4) is 34.8 Å². The predicted octanol–water partition coefficient (Wildman–Crippen LogP) is 3.59. The van der Waals surface area contributed by atoms with Crippen LogP contribution < -0.4 is 29.6 Å². The summed E-state index contributed by atoms with van der Waals surface area (Å²) in [4.78, 5) is 12.0. The Morgan fingerprint density at radius 1 is 1.00 bits per heavy atom. The molecule has 1 amide bonds. The molecule has 37 heavy (non-hydrogen) atoms. The van der Waals surface area contributed by atoms with E-state index in [-0.39, 0.29) is 19.1 Å². The van der Waals surface area contributed by atoms with Crippen molar-refractivity contribution in [2.75, 3.05) is 45.8 Å². The van der Waals surface area contributed by atoms with Gasteiger partial charge in [-0.05, 0) is 55.1 Å². The van der Waals surface area contributed by atoms with Crippen LogP contribution in [-0.2, 0) is 17.6 Å². The molecule has 2 aromatic rings. The van der Waals surface area contributed by atoms with E-state index in [1.165, 1.54) is 0 Å². The van der Waals surface area contributed by atoms with E-state index in [9.17, 15) is 9.90 Å². The summed E-state index contributed by atoms with van der Waals surface area (Å²) in [5.41, 5.74) is 2.61. The first-order valence-corrected chi connectivity index (χ1v) is 12.7. The van der Waals surface area contributed by atoms with Gasteiger partial charge in [-0.15, -0.1) is 0 Å². The van der Waals surface area contributed by atoms with E-state index in [0.29, 0.717) is 60.5 Å². The van der Waals surface area contributed by atoms with Crippen molar-refractivity contribution >= 4 is 11.6 Å². The number of aliphatic hydroxyl groups excluding tert-OH is 1. The third kappa shape index (κ3) is 8.59.